The van der Waals surface area contributed by atoms with E-state index in [1.54, 1.807) is 19.1 Å². The van der Waals surface area contributed by atoms with Crippen molar-refractivity contribution in [2.75, 3.05) is 11.9 Å². The number of carbonyl (C=O) groups is 4. The summed E-state index contributed by atoms with van der Waals surface area (Å²) in [6, 6.07) is 2.26. The number of nitrogens with one attached hydrogen (secondary N) is 1. The number of hydrogen-bond acceptors (Lipinski definition) is 4. The molecular formula is C17H17Cl2N3O4. The van der Waals surface area contributed by atoms with Crippen LogP contribution in [0.2, 0.25) is 10.0 Å². The van der Waals surface area contributed by atoms with E-state index >= 15 is 0 Å². The minimum atomic E-state index is -0.988. The normalized spacial score (nSPS) is 18.2. The lowest BCUT2D eigenvalue weighted by Crippen LogP contribution is -2.41. The highest BCUT2D eigenvalue weighted by atomic mass is 35.5. The lowest BCUT2D eigenvalue weighted by Gasteiger charge is -2.21. The second-order valence-electron chi connectivity index (χ2n) is 6.39. The molecule has 0 aromatic heterocycles. The molecular weight excluding hydrogens is 381 g/mol. The molecule has 5 amide bonds. The minimum Gasteiger partial charge on any atom is -0.322 e. The summed E-state index contributed by atoms with van der Waals surface area (Å²) in [5.74, 6) is -2.53. The standard InChI is InChI=1S/C17H17Cl2N3O4/c1-9-6-7-11(18)14(13(9)19)20-12(23)8-21-15(24)16(25)22(17(21)26)10-4-2-3-5-10/h6-7,10H,2-5,8H2,1H3,(H,20,23). The third kappa shape index (κ3) is 3.29. The minimum absolute atomic E-state index is 0.205. The molecule has 138 valence electrons. The third-order valence-corrected chi connectivity index (χ3v) is 5.43. The van der Waals surface area contributed by atoms with Gasteiger partial charge in [0, 0.05) is 6.04 Å². The van der Waals surface area contributed by atoms with Gasteiger partial charge in [0.15, 0.2) is 0 Å². The van der Waals surface area contributed by atoms with E-state index in [0.717, 1.165) is 17.7 Å². The second-order valence-corrected chi connectivity index (χ2v) is 7.17. The highest BCUT2D eigenvalue weighted by molar-refractivity contribution is 6.45. The van der Waals surface area contributed by atoms with Crippen LogP contribution in [-0.4, -0.2) is 46.1 Å². The van der Waals surface area contributed by atoms with Crippen LogP contribution in [-0.2, 0) is 14.4 Å². The largest absolute Gasteiger partial charge is 0.334 e. The average Bonchev–Trinajstić information content (AvgIpc) is 3.19. The number of rotatable bonds is 4. The van der Waals surface area contributed by atoms with Gasteiger partial charge in [-0.1, -0.05) is 42.1 Å². The fourth-order valence-electron chi connectivity index (χ4n) is 3.24. The Morgan fingerprint density at radius 3 is 2.46 bits per heavy atom. The number of anilines is 1. The quantitative estimate of drug-likeness (QED) is 0.624. The number of hydrogen-bond donors (Lipinski definition) is 1. The van der Waals surface area contributed by atoms with Crippen molar-refractivity contribution in [3.8, 4) is 0 Å². The zero-order valence-corrected chi connectivity index (χ0v) is 15.6. The molecule has 1 aliphatic carbocycles. The highest BCUT2D eigenvalue weighted by Gasteiger charge is 2.48. The molecule has 3 rings (SSSR count). The summed E-state index contributed by atoms with van der Waals surface area (Å²) in [4.78, 5) is 50.7. The summed E-state index contributed by atoms with van der Waals surface area (Å²) < 4.78 is 0. The molecule has 1 aliphatic heterocycles. The predicted molar refractivity (Wildman–Crippen MR) is 96.0 cm³/mol. The van der Waals surface area contributed by atoms with E-state index < -0.39 is 30.3 Å². The van der Waals surface area contributed by atoms with Crippen molar-refractivity contribution in [1.82, 2.24) is 9.80 Å². The van der Waals surface area contributed by atoms with Crippen molar-refractivity contribution in [1.29, 1.82) is 0 Å². The molecule has 0 spiro atoms. The molecule has 0 radical (unpaired) electrons. The molecule has 0 bridgehead atoms. The Kier molecular flexibility index (Phi) is 5.20. The van der Waals surface area contributed by atoms with E-state index in [9.17, 15) is 19.2 Å². The van der Waals surface area contributed by atoms with Crippen molar-refractivity contribution in [3.63, 3.8) is 0 Å². The number of nitrogens with zero attached hydrogens (tertiary/aromatic N) is 2. The van der Waals surface area contributed by atoms with E-state index in [0.29, 0.717) is 23.3 Å². The molecule has 0 unspecified atom stereocenters. The van der Waals surface area contributed by atoms with E-state index in [4.69, 9.17) is 23.2 Å². The first-order chi connectivity index (χ1) is 12.3. The first-order valence-corrected chi connectivity index (χ1v) is 9.00. The van der Waals surface area contributed by atoms with Crippen molar-refractivity contribution in [3.05, 3.63) is 27.7 Å². The number of imide groups is 2. The molecule has 1 aromatic rings. The third-order valence-electron chi connectivity index (χ3n) is 4.62. The predicted octanol–water partition coefficient (Wildman–Crippen LogP) is 2.97. The Morgan fingerprint density at radius 1 is 1.15 bits per heavy atom. The Balaban J connectivity index is 1.73. The maximum absolute atomic E-state index is 12.5. The Labute approximate surface area is 160 Å². The van der Waals surface area contributed by atoms with Crippen LogP contribution in [0.1, 0.15) is 31.2 Å². The summed E-state index contributed by atoms with van der Waals surface area (Å²) >= 11 is 12.2. The van der Waals surface area contributed by atoms with Crippen LogP contribution >= 0.6 is 23.2 Å². The van der Waals surface area contributed by atoms with Crippen LogP contribution in [0.5, 0.6) is 0 Å². The topological polar surface area (TPSA) is 86.8 Å². The summed E-state index contributed by atoms with van der Waals surface area (Å²) in [5, 5.41) is 3.01. The fourth-order valence-corrected chi connectivity index (χ4v) is 3.71. The van der Waals surface area contributed by atoms with Gasteiger partial charge >= 0.3 is 17.8 Å². The summed E-state index contributed by atoms with van der Waals surface area (Å²) in [6.07, 6.45) is 3.17. The van der Waals surface area contributed by atoms with Gasteiger partial charge in [-0.3, -0.25) is 19.3 Å². The van der Waals surface area contributed by atoms with Gasteiger partial charge in [0.2, 0.25) is 5.91 Å². The zero-order chi connectivity index (χ0) is 19.0. The van der Waals surface area contributed by atoms with Gasteiger partial charge in [-0.2, -0.15) is 0 Å². The van der Waals surface area contributed by atoms with Crippen molar-refractivity contribution >= 4 is 52.6 Å². The summed E-state index contributed by atoms with van der Waals surface area (Å²) in [5.41, 5.74) is 0.915. The maximum atomic E-state index is 12.5. The van der Waals surface area contributed by atoms with Gasteiger partial charge in [0.1, 0.15) is 6.54 Å². The number of halogens is 2. The fraction of sp³-hybridized carbons (Fsp3) is 0.412. The Morgan fingerprint density at radius 2 is 1.81 bits per heavy atom. The van der Waals surface area contributed by atoms with Crippen molar-refractivity contribution < 1.29 is 19.2 Å². The van der Waals surface area contributed by atoms with Crippen molar-refractivity contribution in [2.24, 2.45) is 0 Å². The number of urea groups is 1. The second kappa shape index (κ2) is 7.25. The van der Waals surface area contributed by atoms with E-state index in [2.05, 4.69) is 5.32 Å². The van der Waals surface area contributed by atoms with E-state index in [1.807, 2.05) is 0 Å². The van der Waals surface area contributed by atoms with Gasteiger partial charge in [-0.05, 0) is 31.4 Å². The van der Waals surface area contributed by atoms with Gasteiger partial charge in [0.25, 0.3) is 0 Å². The molecule has 9 heteroatoms. The molecule has 2 aliphatic rings. The van der Waals surface area contributed by atoms with Gasteiger partial charge in [-0.25, -0.2) is 9.69 Å². The van der Waals surface area contributed by atoms with Crippen LogP contribution in [0.25, 0.3) is 0 Å². The molecule has 1 N–H and O–H groups in total. The van der Waals surface area contributed by atoms with E-state index in [1.165, 1.54) is 0 Å². The molecule has 26 heavy (non-hydrogen) atoms. The van der Waals surface area contributed by atoms with Crippen LogP contribution in [0.4, 0.5) is 10.5 Å². The van der Waals surface area contributed by atoms with Crippen LogP contribution in [0, 0.1) is 6.92 Å². The number of benzene rings is 1. The molecule has 1 aromatic carbocycles. The smallest absolute Gasteiger partial charge is 0.322 e. The summed E-state index contributed by atoms with van der Waals surface area (Å²) in [7, 11) is 0. The monoisotopic (exact) mass is 397 g/mol. The number of aryl methyl sites for hydroxylation is 1. The molecule has 0 atom stereocenters. The molecule has 1 saturated heterocycles. The molecule has 2 fully saturated rings. The van der Waals surface area contributed by atoms with Crippen LogP contribution in [0.3, 0.4) is 0 Å². The lowest BCUT2D eigenvalue weighted by atomic mass is 10.2. The van der Waals surface area contributed by atoms with Crippen LogP contribution in [0.15, 0.2) is 12.1 Å². The number of carbonyl (C=O) groups excluding carboxylic acids is 4. The highest BCUT2D eigenvalue weighted by Crippen LogP contribution is 2.33. The SMILES string of the molecule is Cc1ccc(Cl)c(NC(=O)CN2C(=O)C(=O)N(C3CCCC3)C2=O)c1Cl. The Hall–Kier alpha value is -2.12. The van der Waals surface area contributed by atoms with Gasteiger partial charge in [0.05, 0.1) is 15.7 Å². The number of amides is 5. The first kappa shape index (κ1) is 18.7. The van der Waals surface area contributed by atoms with E-state index in [-0.39, 0.29) is 21.8 Å². The van der Waals surface area contributed by atoms with Gasteiger partial charge in [-0.15, -0.1) is 0 Å². The lowest BCUT2D eigenvalue weighted by molar-refractivity contribution is -0.144. The maximum Gasteiger partial charge on any atom is 0.334 e. The zero-order valence-electron chi connectivity index (χ0n) is 14.1. The molecule has 7 nitrogen and oxygen atoms in total. The van der Waals surface area contributed by atoms with Gasteiger partial charge < -0.3 is 5.32 Å². The van der Waals surface area contributed by atoms with Crippen molar-refractivity contribution in [2.45, 2.75) is 38.6 Å². The molecule has 1 saturated carbocycles. The summed E-state index contributed by atoms with van der Waals surface area (Å²) in [6.45, 7) is 1.17. The van der Waals surface area contributed by atoms with Crippen LogP contribution < -0.4 is 5.32 Å². The first-order valence-electron chi connectivity index (χ1n) is 8.24. The molecule has 1 heterocycles. The average molecular weight is 398 g/mol. The Bertz CT molecular complexity index is 805.